The molecule has 1 amide bonds. The Balaban J connectivity index is 2.25. The number of alkyl halides is 1. The van der Waals surface area contributed by atoms with E-state index in [1.165, 1.54) is 17.0 Å². The molecule has 0 saturated carbocycles. The number of benzene rings is 2. The maximum atomic E-state index is 13.5. The van der Waals surface area contributed by atoms with Gasteiger partial charge in [-0.1, -0.05) is 39.7 Å². The van der Waals surface area contributed by atoms with Crippen molar-refractivity contribution in [2.75, 3.05) is 11.9 Å². The minimum Gasteiger partial charge on any atom is -0.313 e. The van der Waals surface area contributed by atoms with Gasteiger partial charge in [-0.05, 0) is 35.9 Å². The summed E-state index contributed by atoms with van der Waals surface area (Å²) in [6.45, 7) is 0. The van der Waals surface area contributed by atoms with Crippen molar-refractivity contribution in [3.05, 3.63) is 63.9 Å². The fraction of sp³-hybridized carbons (Fsp3) is 0.133. The Kier molecular flexibility index (Phi) is 3.10. The predicted octanol–water partition coefficient (Wildman–Crippen LogP) is 4.05. The maximum Gasteiger partial charge on any atom is 0.257 e. The Labute approximate surface area is 129 Å². The Morgan fingerprint density at radius 3 is 2.50 bits per heavy atom. The highest BCUT2D eigenvalue weighted by Crippen LogP contribution is 2.48. The standard InChI is InChI=1S/C15H10BrClFNO/c1-19-13-7-6-11(18)8-12(13)15(17,14(19)20)9-2-4-10(16)5-3-9/h2-8H,1H3. The van der Waals surface area contributed by atoms with E-state index in [0.717, 1.165) is 4.47 Å². The first-order chi connectivity index (χ1) is 9.44. The summed E-state index contributed by atoms with van der Waals surface area (Å²) in [4.78, 5) is 12.6. The van der Waals surface area contributed by atoms with Crippen LogP contribution in [0.15, 0.2) is 46.9 Å². The lowest BCUT2D eigenvalue weighted by Gasteiger charge is -2.21. The van der Waals surface area contributed by atoms with Gasteiger partial charge in [-0.15, -0.1) is 0 Å². The molecule has 0 aromatic heterocycles. The van der Waals surface area contributed by atoms with Crippen molar-refractivity contribution in [3.8, 4) is 0 Å². The lowest BCUT2D eigenvalue weighted by Crippen LogP contribution is -2.35. The van der Waals surface area contributed by atoms with Gasteiger partial charge in [0.1, 0.15) is 5.82 Å². The molecule has 2 aromatic carbocycles. The van der Waals surface area contributed by atoms with Gasteiger partial charge in [-0.2, -0.15) is 0 Å². The van der Waals surface area contributed by atoms with Crippen LogP contribution in [-0.4, -0.2) is 13.0 Å². The summed E-state index contributed by atoms with van der Waals surface area (Å²) in [5, 5.41) is 0. The van der Waals surface area contributed by atoms with Crippen LogP contribution in [0.2, 0.25) is 0 Å². The predicted molar refractivity (Wildman–Crippen MR) is 80.6 cm³/mol. The number of anilines is 1. The normalized spacial score (nSPS) is 21.2. The van der Waals surface area contributed by atoms with Gasteiger partial charge in [0, 0.05) is 22.8 Å². The number of hydrogen-bond donors (Lipinski definition) is 0. The Morgan fingerprint density at radius 2 is 1.85 bits per heavy atom. The average molecular weight is 355 g/mol. The highest BCUT2D eigenvalue weighted by Gasteiger charge is 2.50. The van der Waals surface area contributed by atoms with Gasteiger partial charge < -0.3 is 4.90 Å². The Morgan fingerprint density at radius 1 is 1.20 bits per heavy atom. The lowest BCUT2D eigenvalue weighted by molar-refractivity contribution is -0.119. The number of likely N-dealkylation sites (N-methyl/N-ethyl adjacent to an activating group) is 1. The van der Waals surface area contributed by atoms with E-state index >= 15 is 0 Å². The summed E-state index contributed by atoms with van der Waals surface area (Å²) in [6.07, 6.45) is 0. The van der Waals surface area contributed by atoms with Crippen LogP contribution in [0.4, 0.5) is 10.1 Å². The van der Waals surface area contributed by atoms with E-state index in [9.17, 15) is 9.18 Å². The summed E-state index contributed by atoms with van der Waals surface area (Å²) in [6, 6.07) is 11.4. The van der Waals surface area contributed by atoms with E-state index < -0.39 is 10.7 Å². The minimum absolute atomic E-state index is 0.276. The van der Waals surface area contributed by atoms with Crippen molar-refractivity contribution in [1.82, 2.24) is 0 Å². The molecule has 1 aliphatic rings. The summed E-state index contributed by atoms with van der Waals surface area (Å²) >= 11 is 9.97. The van der Waals surface area contributed by atoms with Crippen LogP contribution in [0, 0.1) is 5.82 Å². The molecule has 5 heteroatoms. The molecule has 2 aromatic rings. The molecule has 20 heavy (non-hydrogen) atoms. The molecule has 0 bridgehead atoms. The van der Waals surface area contributed by atoms with Gasteiger partial charge in [-0.25, -0.2) is 4.39 Å². The summed E-state index contributed by atoms with van der Waals surface area (Å²) in [5.41, 5.74) is 1.74. The molecule has 0 radical (unpaired) electrons. The third-order valence-corrected chi connectivity index (χ3v) is 4.64. The van der Waals surface area contributed by atoms with Crippen LogP contribution in [0.25, 0.3) is 0 Å². The third kappa shape index (κ3) is 1.79. The quantitative estimate of drug-likeness (QED) is 0.708. The van der Waals surface area contributed by atoms with Gasteiger partial charge in [0.15, 0.2) is 4.87 Å². The fourth-order valence-electron chi connectivity index (χ4n) is 2.49. The van der Waals surface area contributed by atoms with E-state index in [1.807, 2.05) is 12.1 Å². The maximum absolute atomic E-state index is 13.5. The molecular weight excluding hydrogens is 345 g/mol. The molecule has 0 aliphatic carbocycles. The van der Waals surface area contributed by atoms with Crippen molar-refractivity contribution in [1.29, 1.82) is 0 Å². The van der Waals surface area contributed by atoms with Gasteiger partial charge in [0.05, 0.1) is 0 Å². The first-order valence-electron chi connectivity index (χ1n) is 5.97. The minimum atomic E-state index is -1.37. The highest BCUT2D eigenvalue weighted by molar-refractivity contribution is 9.10. The first-order valence-corrected chi connectivity index (χ1v) is 7.15. The van der Waals surface area contributed by atoms with E-state index in [4.69, 9.17) is 11.6 Å². The SMILES string of the molecule is CN1C(=O)C(Cl)(c2ccc(Br)cc2)c2cc(F)ccc21. The Bertz CT molecular complexity index is 704. The number of hydrogen-bond acceptors (Lipinski definition) is 1. The van der Waals surface area contributed by atoms with Gasteiger partial charge in [-0.3, -0.25) is 4.79 Å². The van der Waals surface area contributed by atoms with Crippen LogP contribution in [0.1, 0.15) is 11.1 Å². The van der Waals surface area contributed by atoms with Crippen molar-refractivity contribution in [2.45, 2.75) is 4.87 Å². The molecule has 1 heterocycles. The average Bonchev–Trinajstić information content (AvgIpc) is 2.62. The van der Waals surface area contributed by atoms with E-state index in [-0.39, 0.29) is 5.91 Å². The second-order valence-electron chi connectivity index (χ2n) is 4.69. The van der Waals surface area contributed by atoms with Gasteiger partial charge >= 0.3 is 0 Å². The van der Waals surface area contributed by atoms with Crippen LogP contribution in [-0.2, 0) is 9.67 Å². The molecule has 1 atom stereocenters. The zero-order chi connectivity index (χ0) is 14.5. The number of halogens is 3. The zero-order valence-corrected chi connectivity index (χ0v) is 12.9. The summed E-state index contributed by atoms with van der Waals surface area (Å²) < 4.78 is 14.4. The molecular formula is C15H10BrClFNO. The van der Waals surface area contributed by atoms with Crippen molar-refractivity contribution in [3.63, 3.8) is 0 Å². The van der Waals surface area contributed by atoms with Crippen LogP contribution in [0.5, 0.6) is 0 Å². The lowest BCUT2D eigenvalue weighted by atomic mass is 9.91. The molecule has 3 rings (SSSR count). The largest absolute Gasteiger partial charge is 0.313 e. The van der Waals surface area contributed by atoms with Crippen molar-refractivity contribution >= 4 is 39.1 Å². The van der Waals surface area contributed by atoms with E-state index in [1.54, 1.807) is 25.2 Å². The third-order valence-electron chi connectivity index (χ3n) is 3.53. The second-order valence-corrected chi connectivity index (χ2v) is 6.17. The number of amides is 1. The van der Waals surface area contributed by atoms with Crippen molar-refractivity contribution in [2.24, 2.45) is 0 Å². The molecule has 0 N–H and O–H groups in total. The summed E-state index contributed by atoms with van der Waals surface area (Å²) in [7, 11) is 1.64. The molecule has 0 saturated heterocycles. The topological polar surface area (TPSA) is 20.3 Å². The molecule has 102 valence electrons. The summed E-state index contributed by atoms with van der Waals surface area (Å²) in [5.74, 6) is -0.684. The van der Waals surface area contributed by atoms with Crippen LogP contribution in [0.3, 0.4) is 0 Å². The Hall–Kier alpha value is -1.39. The van der Waals surface area contributed by atoms with E-state index in [2.05, 4.69) is 15.9 Å². The molecule has 0 fully saturated rings. The molecule has 0 spiro atoms. The number of nitrogens with zero attached hydrogens (tertiary/aromatic N) is 1. The molecule has 1 aliphatic heterocycles. The number of carbonyl (C=O) groups is 1. The van der Waals surface area contributed by atoms with Crippen LogP contribution >= 0.6 is 27.5 Å². The van der Waals surface area contributed by atoms with Gasteiger partial charge in [0.2, 0.25) is 0 Å². The number of rotatable bonds is 1. The number of fused-ring (bicyclic) bond motifs is 1. The zero-order valence-electron chi connectivity index (χ0n) is 10.5. The highest BCUT2D eigenvalue weighted by atomic mass is 79.9. The van der Waals surface area contributed by atoms with Crippen LogP contribution < -0.4 is 4.90 Å². The smallest absolute Gasteiger partial charge is 0.257 e. The number of carbonyl (C=O) groups excluding carboxylic acids is 1. The monoisotopic (exact) mass is 353 g/mol. The first kappa shape index (κ1) is 13.6. The van der Waals surface area contributed by atoms with Gasteiger partial charge in [0.25, 0.3) is 5.91 Å². The second kappa shape index (κ2) is 4.57. The van der Waals surface area contributed by atoms with Crippen molar-refractivity contribution < 1.29 is 9.18 Å². The van der Waals surface area contributed by atoms with E-state index in [0.29, 0.717) is 16.8 Å². The fourth-order valence-corrected chi connectivity index (χ4v) is 3.16. The molecule has 1 unspecified atom stereocenters. The molecule has 2 nitrogen and oxygen atoms in total.